The van der Waals surface area contributed by atoms with Crippen molar-refractivity contribution in [3.63, 3.8) is 0 Å². The van der Waals surface area contributed by atoms with E-state index in [-0.39, 0.29) is 0 Å². The van der Waals surface area contributed by atoms with Gasteiger partial charge in [-0.1, -0.05) is 18.2 Å². The predicted molar refractivity (Wildman–Crippen MR) is 57.0 cm³/mol. The number of hydrogen-bond donors (Lipinski definition) is 0. The molecule has 0 saturated carbocycles. The average Bonchev–Trinajstić information content (AvgIpc) is 2.56. The zero-order chi connectivity index (χ0) is 8.67. The van der Waals surface area contributed by atoms with Crippen molar-refractivity contribution < 1.29 is 0 Å². The number of thiophene rings is 1. The molecule has 1 heteroatoms. The summed E-state index contributed by atoms with van der Waals surface area (Å²) in [5.74, 6) is 0. The van der Waals surface area contributed by atoms with E-state index in [9.17, 15) is 0 Å². The Kier molecular flexibility index (Phi) is 1.41. The maximum Gasteiger partial charge on any atom is 0.0361 e. The lowest BCUT2D eigenvalue weighted by molar-refractivity contribution is 1.81. The molecule has 0 N–H and O–H groups in total. The van der Waals surface area contributed by atoms with Crippen LogP contribution in [0.1, 0.15) is 0 Å². The van der Waals surface area contributed by atoms with Crippen LogP contribution in [0.25, 0.3) is 20.2 Å². The van der Waals surface area contributed by atoms with E-state index < -0.39 is 0 Å². The predicted octanol–water partition coefficient (Wildman–Crippen LogP) is 3.65. The van der Waals surface area contributed by atoms with Gasteiger partial charge in [-0.15, -0.1) is 11.3 Å². The van der Waals surface area contributed by atoms with Gasteiger partial charge >= 0.3 is 0 Å². The number of hydrogen-bond acceptors (Lipinski definition) is 1. The first-order valence-electron chi connectivity index (χ1n) is 4.13. The molecular formula is C12H6S. The Morgan fingerprint density at radius 1 is 0.846 bits per heavy atom. The smallest absolute Gasteiger partial charge is 0.0361 e. The highest BCUT2D eigenvalue weighted by Gasteiger charge is 2.01. The molecule has 0 saturated heterocycles. The SMILES string of the molecule is [c]1ccc2c(c1)sc1cc[c]cc12. The van der Waals surface area contributed by atoms with Crippen molar-refractivity contribution in [1.29, 1.82) is 0 Å². The van der Waals surface area contributed by atoms with Gasteiger partial charge in [0.1, 0.15) is 0 Å². The Hall–Kier alpha value is -1.34. The van der Waals surface area contributed by atoms with Gasteiger partial charge in [0.15, 0.2) is 0 Å². The van der Waals surface area contributed by atoms with Crippen molar-refractivity contribution in [3.05, 3.63) is 48.5 Å². The molecule has 1 heterocycles. The van der Waals surface area contributed by atoms with Crippen molar-refractivity contribution in [3.8, 4) is 0 Å². The molecule has 0 bridgehead atoms. The summed E-state index contributed by atoms with van der Waals surface area (Å²) in [5, 5.41) is 2.62. The molecule has 0 amide bonds. The van der Waals surface area contributed by atoms with Crippen LogP contribution in [-0.2, 0) is 0 Å². The maximum atomic E-state index is 3.11. The summed E-state index contributed by atoms with van der Waals surface area (Å²) < 4.78 is 2.63. The Balaban J connectivity index is 2.64. The number of fused-ring (bicyclic) bond motifs is 3. The van der Waals surface area contributed by atoms with Crippen LogP contribution in [0, 0.1) is 12.1 Å². The van der Waals surface area contributed by atoms with Crippen LogP contribution >= 0.6 is 11.3 Å². The van der Waals surface area contributed by atoms with E-state index in [1.165, 1.54) is 20.2 Å². The molecule has 2 radical (unpaired) electrons. The summed E-state index contributed by atoms with van der Waals surface area (Å²) in [6.07, 6.45) is 0. The van der Waals surface area contributed by atoms with E-state index >= 15 is 0 Å². The van der Waals surface area contributed by atoms with Gasteiger partial charge in [-0.25, -0.2) is 0 Å². The van der Waals surface area contributed by atoms with E-state index in [0.29, 0.717) is 0 Å². The van der Waals surface area contributed by atoms with E-state index in [1.807, 2.05) is 35.6 Å². The fourth-order valence-electron chi connectivity index (χ4n) is 1.56. The first-order valence-corrected chi connectivity index (χ1v) is 4.95. The van der Waals surface area contributed by atoms with Crippen molar-refractivity contribution >= 4 is 31.5 Å². The Labute approximate surface area is 80.4 Å². The maximum absolute atomic E-state index is 3.11. The Morgan fingerprint density at radius 3 is 2.69 bits per heavy atom. The van der Waals surface area contributed by atoms with Gasteiger partial charge < -0.3 is 0 Å². The van der Waals surface area contributed by atoms with Gasteiger partial charge in [-0.2, -0.15) is 0 Å². The second-order valence-electron chi connectivity index (χ2n) is 2.95. The van der Waals surface area contributed by atoms with E-state index in [2.05, 4.69) is 24.3 Å². The minimum absolute atomic E-state index is 1.30. The summed E-state index contributed by atoms with van der Waals surface area (Å²) in [4.78, 5) is 0. The molecule has 0 fully saturated rings. The van der Waals surface area contributed by atoms with Crippen molar-refractivity contribution in [1.82, 2.24) is 0 Å². The lowest BCUT2D eigenvalue weighted by Gasteiger charge is -1.87. The molecule has 13 heavy (non-hydrogen) atoms. The zero-order valence-electron chi connectivity index (χ0n) is 6.87. The van der Waals surface area contributed by atoms with E-state index in [4.69, 9.17) is 0 Å². The van der Waals surface area contributed by atoms with Gasteiger partial charge in [0, 0.05) is 20.2 Å². The van der Waals surface area contributed by atoms with E-state index in [1.54, 1.807) is 0 Å². The normalized spacial score (nSPS) is 11.1. The van der Waals surface area contributed by atoms with Crippen LogP contribution in [0.15, 0.2) is 36.4 Å². The third kappa shape index (κ3) is 0.973. The monoisotopic (exact) mass is 182 g/mol. The molecule has 0 spiro atoms. The molecule has 60 valence electrons. The standard InChI is InChI=1S/C12H6S/c1-3-7-11-9(5-1)10-6-2-4-8-12(10)13-11/h1,4-8H. The molecule has 1 aromatic heterocycles. The van der Waals surface area contributed by atoms with Gasteiger partial charge in [0.25, 0.3) is 0 Å². The highest BCUT2D eigenvalue weighted by molar-refractivity contribution is 7.25. The van der Waals surface area contributed by atoms with Crippen molar-refractivity contribution in [2.45, 2.75) is 0 Å². The highest BCUT2D eigenvalue weighted by Crippen LogP contribution is 2.32. The minimum atomic E-state index is 1.30. The van der Waals surface area contributed by atoms with Gasteiger partial charge in [0.2, 0.25) is 0 Å². The summed E-state index contributed by atoms with van der Waals surface area (Å²) in [6.45, 7) is 0. The van der Waals surface area contributed by atoms with Crippen LogP contribution in [-0.4, -0.2) is 0 Å². The quantitative estimate of drug-likeness (QED) is 0.497. The molecule has 3 aromatic rings. The molecule has 0 nitrogen and oxygen atoms in total. The minimum Gasteiger partial charge on any atom is -0.135 e. The van der Waals surface area contributed by atoms with Gasteiger partial charge in [-0.05, 0) is 30.3 Å². The fraction of sp³-hybridized carbons (Fsp3) is 0. The molecule has 2 aromatic carbocycles. The topological polar surface area (TPSA) is 0 Å². The molecule has 0 unspecified atom stereocenters. The number of rotatable bonds is 0. The van der Waals surface area contributed by atoms with Crippen LogP contribution in [0.4, 0.5) is 0 Å². The molecule has 3 rings (SSSR count). The van der Waals surface area contributed by atoms with Crippen LogP contribution < -0.4 is 0 Å². The van der Waals surface area contributed by atoms with Gasteiger partial charge in [0.05, 0.1) is 0 Å². The Bertz CT molecular complexity index is 513. The summed E-state index contributed by atoms with van der Waals surface area (Å²) in [7, 11) is 0. The van der Waals surface area contributed by atoms with Crippen LogP contribution in [0.5, 0.6) is 0 Å². The first-order chi connectivity index (χ1) is 6.45. The molecule has 0 aliphatic carbocycles. The third-order valence-electron chi connectivity index (χ3n) is 2.16. The van der Waals surface area contributed by atoms with Crippen LogP contribution in [0.2, 0.25) is 0 Å². The molecular weight excluding hydrogens is 176 g/mol. The van der Waals surface area contributed by atoms with Gasteiger partial charge in [-0.3, -0.25) is 0 Å². The molecule has 0 atom stereocenters. The second kappa shape index (κ2) is 2.57. The third-order valence-corrected chi connectivity index (χ3v) is 3.29. The fourth-order valence-corrected chi connectivity index (χ4v) is 2.62. The first kappa shape index (κ1) is 7.10. The zero-order valence-corrected chi connectivity index (χ0v) is 7.69. The molecule has 0 aliphatic rings. The van der Waals surface area contributed by atoms with E-state index in [0.717, 1.165) is 0 Å². The largest absolute Gasteiger partial charge is 0.135 e. The van der Waals surface area contributed by atoms with Crippen molar-refractivity contribution in [2.24, 2.45) is 0 Å². The summed E-state index contributed by atoms with van der Waals surface area (Å²) in [6, 6.07) is 18.4. The summed E-state index contributed by atoms with van der Waals surface area (Å²) >= 11 is 1.81. The average molecular weight is 182 g/mol. The lowest BCUT2D eigenvalue weighted by Crippen LogP contribution is -1.63. The van der Waals surface area contributed by atoms with Crippen molar-refractivity contribution in [2.75, 3.05) is 0 Å². The Morgan fingerprint density at radius 2 is 1.69 bits per heavy atom. The second-order valence-corrected chi connectivity index (χ2v) is 4.03. The lowest BCUT2D eigenvalue weighted by atomic mass is 10.2. The number of benzene rings is 2. The highest BCUT2D eigenvalue weighted by atomic mass is 32.1. The van der Waals surface area contributed by atoms with Crippen LogP contribution in [0.3, 0.4) is 0 Å². The molecule has 0 aliphatic heterocycles. The summed E-state index contributed by atoms with van der Waals surface area (Å²) in [5.41, 5.74) is 0.